The molecule has 0 fully saturated rings. The normalized spacial score (nSPS) is 20.9. The van der Waals surface area contributed by atoms with Crippen LogP contribution in [0.5, 0.6) is 0 Å². The van der Waals surface area contributed by atoms with Gasteiger partial charge in [-0.1, -0.05) is 12.1 Å². The Morgan fingerprint density at radius 1 is 1.36 bits per heavy atom. The molecule has 8 heteroatoms. The number of nitrogens with zero attached hydrogens (tertiary/aromatic N) is 3. The van der Waals surface area contributed by atoms with Crippen molar-refractivity contribution in [2.24, 2.45) is 4.99 Å². The summed E-state index contributed by atoms with van der Waals surface area (Å²) >= 11 is 0. The summed E-state index contributed by atoms with van der Waals surface area (Å²) in [6.07, 6.45) is -5.71. The quantitative estimate of drug-likeness (QED) is 0.799. The lowest BCUT2D eigenvalue weighted by atomic mass is 10.1. The molecular weight excluding hydrogens is 302 g/mol. The lowest BCUT2D eigenvalue weighted by Gasteiger charge is -2.29. The van der Waals surface area contributed by atoms with E-state index >= 15 is 0 Å². The van der Waals surface area contributed by atoms with Gasteiger partial charge < -0.3 is 9.74 Å². The highest BCUT2D eigenvalue weighted by Crippen LogP contribution is 2.35. The van der Waals surface area contributed by atoms with Crippen LogP contribution in [-0.2, 0) is 4.84 Å². The van der Waals surface area contributed by atoms with Gasteiger partial charge in [-0.25, -0.2) is 9.38 Å². The molecule has 4 nitrogen and oxygen atoms in total. The standard InChI is InChI=1S/C14H17F4N3O/c1-9(8-20(2)3)21-12(10-5-4-6-11(15)7-10)19-13(22-21)14(16,17)18/h4-7,9,12H,8H2,1-3H3. The maximum atomic E-state index is 13.4. The first-order valence-electron chi connectivity index (χ1n) is 6.70. The zero-order chi connectivity index (χ0) is 16.5. The van der Waals surface area contributed by atoms with E-state index in [1.54, 1.807) is 21.0 Å². The van der Waals surface area contributed by atoms with E-state index in [-0.39, 0.29) is 6.04 Å². The average Bonchev–Trinajstić information content (AvgIpc) is 2.82. The van der Waals surface area contributed by atoms with Gasteiger partial charge in [-0.05, 0) is 38.7 Å². The number of hydrogen-bond donors (Lipinski definition) is 0. The second-order valence-electron chi connectivity index (χ2n) is 5.42. The third-order valence-corrected chi connectivity index (χ3v) is 3.13. The maximum absolute atomic E-state index is 13.4. The summed E-state index contributed by atoms with van der Waals surface area (Å²) in [6, 6.07) is 4.97. The molecule has 0 radical (unpaired) electrons. The number of hydroxylamine groups is 2. The number of halogens is 4. The van der Waals surface area contributed by atoms with Crippen LogP contribution in [0.15, 0.2) is 29.3 Å². The van der Waals surface area contributed by atoms with Gasteiger partial charge in [-0.15, -0.1) is 5.06 Å². The fraction of sp³-hybridized carbons (Fsp3) is 0.500. The second-order valence-corrected chi connectivity index (χ2v) is 5.42. The van der Waals surface area contributed by atoms with Gasteiger partial charge in [0.25, 0.3) is 0 Å². The summed E-state index contributed by atoms with van der Waals surface area (Å²) in [5, 5.41) is 1.15. The Hall–Kier alpha value is -1.67. The van der Waals surface area contributed by atoms with Crippen molar-refractivity contribution in [3.63, 3.8) is 0 Å². The van der Waals surface area contributed by atoms with Crippen molar-refractivity contribution in [3.05, 3.63) is 35.6 Å². The van der Waals surface area contributed by atoms with E-state index in [0.717, 1.165) is 11.1 Å². The lowest BCUT2D eigenvalue weighted by molar-refractivity contribution is -0.154. The molecule has 2 unspecified atom stereocenters. The largest absolute Gasteiger partial charge is 0.470 e. The van der Waals surface area contributed by atoms with Crippen LogP contribution in [0.1, 0.15) is 18.7 Å². The lowest BCUT2D eigenvalue weighted by Crippen LogP contribution is -2.41. The highest BCUT2D eigenvalue weighted by molar-refractivity contribution is 5.82. The van der Waals surface area contributed by atoms with Crippen molar-refractivity contribution in [1.29, 1.82) is 0 Å². The van der Waals surface area contributed by atoms with Gasteiger partial charge in [0.2, 0.25) is 0 Å². The highest BCUT2D eigenvalue weighted by Gasteiger charge is 2.47. The SMILES string of the molecule is CC(CN(C)C)N1OC(C(F)(F)F)=NC1c1cccc(F)c1. The van der Waals surface area contributed by atoms with E-state index in [1.165, 1.54) is 18.2 Å². The summed E-state index contributed by atoms with van der Waals surface area (Å²) in [4.78, 5) is 10.3. The molecule has 0 bridgehead atoms. The van der Waals surface area contributed by atoms with E-state index in [4.69, 9.17) is 4.84 Å². The fourth-order valence-electron chi connectivity index (χ4n) is 2.29. The van der Waals surface area contributed by atoms with E-state index in [9.17, 15) is 17.6 Å². The van der Waals surface area contributed by atoms with Crippen LogP contribution < -0.4 is 0 Å². The first-order valence-corrected chi connectivity index (χ1v) is 6.70. The van der Waals surface area contributed by atoms with Crippen molar-refractivity contribution < 1.29 is 22.4 Å². The molecule has 2 rings (SSSR count). The number of benzene rings is 1. The molecule has 1 heterocycles. The van der Waals surface area contributed by atoms with E-state index in [1.807, 2.05) is 4.90 Å². The van der Waals surface area contributed by atoms with E-state index in [2.05, 4.69) is 4.99 Å². The minimum atomic E-state index is -4.68. The molecule has 0 saturated carbocycles. The van der Waals surface area contributed by atoms with Gasteiger partial charge in [0.05, 0.1) is 6.04 Å². The molecule has 1 aliphatic heterocycles. The van der Waals surface area contributed by atoms with Gasteiger partial charge in [0, 0.05) is 6.54 Å². The van der Waals surface area contributed by atoms with Gasteiger partial charge in [-0.2, -0.15) is 13.2 Å². The monoisotopic (exact) mass is 319 g/mol. The van der Waals surface area contributed by atoms with Crippen LogP contribution in [0, 0.1) is 5.82 Å². The smallest absolute Gasteiger partial charge is 0.378 e. The van der Waals surface area contributed by atoms with Crippen molar-refractivity contribution in [2.45, 2.75) is 25.3 Å². The number of likely N-dealkylation sites (N-methyl/N-ethyl adjacent to an activating group) is 1. The summed E-state index contributed by atoms with van der Waals surface area (Å²) in [5.74, 6) is -1.85. The summed E-state index contributed by atoms with van der Waals surface area (Å²) < 4.78 is 51.9. The predicted molar refractivity (Wildman–Crippen MR) is 73.6 cm³/mol. The van der Waals surface area contributed by atoms with Crippen molar-refractivity contribution in [1.82, 2.24) is 9.96 Å². The Balaban J connectivity index is 2.33. The molecule has 122 valence electrons. The number of alkyl halides is 3. The Morgan fingerprint density at radius 3 is 2.59 bits per heavy atom. The molecule has 0 amide bonds. The zero-order valence-electron chi connectivity index (χ0n) is 12.4. The van der Waals surface area contributed by atoms with Gasteiger partial charge in [0.15, 0.2) is 6.17 Å². The van der Waals surface area contributed by atoms with Gasteiger partial charge in [-0.3, -0.25) is 0 Å². The molecule has 1 aromatic carbocycles. The predicted octanol–water partition coefficient (Wildman–Crippen LogP) is 2.98. The Morgan fingerprint density at radius 2 is 2.05 bits per heavy atom. The first kappa shape index (κ1) is 16.7. The van der Waals surface area contributed by atoms with Crippen LogP contribution in [0.25, 0.3) is 0 Å². The molecule has 22 heavy (non-hydrogen) atoms. The van der Waals surface area contributed by atoms with Gasteiger partial charge >= 0.3 is 12.1 Å². The maximum Gasteiger partial charge on any atom is 0.470 e. The average molecular weight is 319 g/mol. The van der Waals surface area contributed by atoms with Gasteiger partial charge in [0.1, 0.15) is 5.82 Å². The minimum absolute atomic E-state index is 0.310. The second kappa shape index (κ2) is 6.21. The van der Waals surface area contributed by atoms with Crippen LogP contribution in [0.3, 0.4) is 0 Å². The Labute approximate surface area is 125 Å². The van der Waals surface area contributed by atoms with Crippen molar-refractivity contribution in [3.8, 4) is 0 Å². The van der Waals surface area contributed by atoms with Crippen LogP contribution in [-0.4, -0.2) is 48.7 Å². The zero-order valence-corrected chi connectivity index (χ0v) is 12.4. The van der Waals surface area contributed by atoms with Crippen molar-refractivity contribution in [2.75, 3.05) is 20.6 Å². The molecule has 0 saturated heterocycles. The minimum Gasteiger partial charge on any atom is -0.378 e. The molecule has 0 aliphatic carbocycles. The Bertz CT molecular complexity index is 559. The highest BCUT2D eigenvalue weighted by atomic mass is 19.4. The third-order valence-electron chi connectivity index (χ3n) is 3.13. The third kappa shape index (κ3) is 3.75. The molecule has 1 aliphatic rings. The van der Waals surface area contributed by atoms with Crippen LogP contribution >= 0.6 is 0 Å². The fourth-order valence-corrected chi connectivity index (χ4v) is 2.29. The molecule has 0 aromatic heterocycles. The summed E-state index contributed by atoms with van der Waals surface area (Å²) in [6.45, 7) is 2.19. The van der Waals surface area contributed by atoms with E-state index in [0.29, 0.717) is 12.1 Å². The Kier molecular flexibility index (Phi) is 4.72. The molecule has 0 N–H and O–H groups in total. The molecular formula is C14H17F4N3O. The number of hydrogen-bond acceptors (Lipinski definition) is 4. The summed E-state index contributed by atoms with van der Waals surface area (Å²) in [5.41, 5.74) is 0.310. The van der Waals surface area contributed by atoms with Crippen molar-refractivity contribution >= 4 is 5.90 Å². The number of rotatable bonds is 4. The topological polar surface area (TPSA) is 28.1 Å². The van der Waals surface area contributed by atoms with Crippen LogP contribution in [0.4, 0.5) is 17.6 Å². The number of aliphatic imine (C=N–C) groups is 1. The molecule has 0 spiro atoms. The first-order chi connectivity index (χ1) is 10.2. The van der Waals surface area contributed by atoms with E-state index < -0.39 is 24.1 Å². The van der Waals surface area contributed by atoms with Crippen LogP contribution in [0.2, 0.25) is 0 Å². The molecule has 1 aromatic rings. The molecule has 2 atom stereocenters. The summed E-state index contributed by atoms with van der Waals surface area (Å²) in [7, 11) is 3.60.